The summed E-state index contributed by atoms with van der Waals surface area (Å²) in [4.78, 5) is 24.6. The Balaban J connectivity index is 3.10. The van der Waals surface area contributed by atoms with E-state index in [9.17, 15) is 14.9 Å². The fourth-order valence-corrected chi connectivity index (χ4v) is 2.93. The molecule has 1 fully saturated rings. The number of rotatable bonds is 9. The second kappa shape index (κ2) is 8.86. The Labute approximate surface area is 131 Å². The van der Waals surface area contributed by atoms with E-state index in [-0.39, 0.29) is 18.8 Å². The Morgan fingerprint density at radius 1 is 1.32 bits per heavy atom. The van der Waals surface area contributed by atoms with Crippen LogP contribution in [0.4, 0.5) is 0 Å². The normalized spacial score (nSPS) is 20.7. The maximum atomic E-state index is 12.5. The number of Topliss-reactive ketones (excluding diaryl/α,β-unsaturated/α-hetero) is 1. The van der Waals surface area contributed by atoms with Crippen LogP contribution in [0.25, 0.3) is 0 Å². The van der Waals surface area contributed by atoms with E-state index in [4.69, 9.17) is 14.2 Å². The molecule has 2 atom stereocenters. The molecule has 6 nitrogen and oxygen atoms in total. The summed E-state index contributed by atoms with van der Waals surface area (Å²) in [6.07, 6.45) is 0.936. The molecular weight excluding hydrogens is 286 g/mol. The van der Waals surface area contributed by atoms with Gasteiger partial charge in [-0.1, -0.05) is 0 Å². The van der Waals surface area contributed by atoms with Crippen LogP contribution in [0.2, 0.25) is 0 Å². The molecule has 22 heavy (non-hydrogen) atoms. The number of nitrogens with zero attached hydrogens (tertiary/aromatic N) is 1. The molecular formula is C16H25NO5. The molecule has 0 aliphatic heterocycles. The molecule has 124 valence electrons. The molecule has 0 spiro atoms. The third-order valence-corrected chi connectivity index (χ3v) is 3.93. The van der Waals surface area contributed by atoms with Crippen LogP contribution in [-0.4, -0.2) is 37.9 Å². The molecule has 0 radical (unpaired) electrons. The molecule has 1 rings (SSSR count). The lowest BCUT2D eigenvalue weighted by molar-refractivity contribution is -0.177. The Morgan fingerprint density at radius 3 is 2.36 bits per heavy atom. The van der Waals surface area contributed by atoms with Gasteiger partial charge in [0.1, 0.15) is 5.78 Å². The molecule has 0 aromatic carbocycles. The van der Waals surface area contributed by atoms with Gasteiger partial charge in [0.05, 0.1) is 12.7 Å². The quantitative estimate of drug-likeness (QED) is 0.479. The van der Waals surface area contributed by atoms with Gasteiger partial charge in [-0.15, -0.1) is 0 Å². The zero-order valence-electron chi connectivity index (χ0n) is 13.6. The van der Waals surface area contributed by atoms with Gasteiger partial charge in [0.2, 0.25) is 0 Å². The summed E-state index contributed by atoms with van der Waals surface area (Å²) < 4.78 is 16.0. The highest BCUT2D eigenvalue weighted by Crippen LogP contribution is 2.42. The van der Waals surface area contributed by atoms with Crippen molar-refractivity contribution in [2.75, 3.05) is 19.8 Å². The third kappa shape index (κ3) is 4.05. The van der Waals surface area contributed by atoms with Crippen molar-refractivity contribution in [2.24, 2.45) is 11.3 Å². The minimum atomic E-state index is -1.53. The summed E-state index contributed by atoms with van der Waals surface area (Å²) in [6, 6.07) is 2.06. The first-order valence-corrected chi connectivity index (χ1v) is 7.90. The summed E-state index contributed by atoms with van der Waals surface area (Å²) in [5.41, 5.74) is -1.53. The van der Waals surface area contributed by atoms with Crippen molar-refractivity contribution in [1.29, 1.82) is 5.26 Å². The van der Waals surface area contributed by atoms with Crippen LogP contribution in [0.3, 0.4) is 0 Å². The molecule has 0 bridgehead atoms. The first-order valence-electron chi connectivity index (χ1n) is 7.90. The van der Waals surface area contributed by atoms with E-state index in [0.717, 1.165) is 0 Å². The third-order valence-electron chi connectivity index (χ3n) is 3.93. The number of hydrogen-bond donors (Lipinski definition) is 0. The molecule has 2 unspecified atom stereocenters. The minimum Gasteiger partial charge on any atom is -0.465 e. The highest BCUT2D eigenvalue weighted by molar-refractivity contribution is 5.92. The zero-order valence-corrected chi connectivity index (χ0v) is 13.6. The molecule has 0 heterocycles. The first kappa shape index (κ1) is 18.6. The lowest BCUT2D eigenvalue weighted by atomic mass is 9.72. The van der Waals surface area contributed by atoms with E-state index in [1.54, 1.807) is 6.92 Å². The molecule has 0 saturated heterocycles. The number of carbonyl (C=O) groups is 2. The van der Waals surface area contributed by atoms with E-state index in [2.05, 4.69) is 6.07 Å². The maximum Gasteiger partial charge on any atom is 0.327 e. The van der Waals surface area contributed by atoms with Crippen LogP contribution < -0.4 is 0 Å². The van der Waals surface area contributed by atoms with E-state index in [1.165, 1.54) is 0 Å². The zero-order chi connectivity index (χ0) is 16.6. The van der Waals surface area contributed by atoms with Gasteiger partial charge < -0.3 is 14.2 Å². The van der Waals surface area contributed by atoms with Gasteiger partial charge in [-0.25, -0.2) is 0 Å². The van der Waals surface area contributed by atoms with Crippen LogP contribution in [0.15, 0.2) is 0 Å². The molecule has 0 amide bonds. The second-order valence-electron chi connectivity index (χ2n) is 5.26. The minimum absolute atomic E-state index is 0.0143. The summed E-state index contributed by atoms with van der Waals surface area (Å²) in [6.45, 7) is 6.26. The largest absolute Gasteiger partial charge is 0.465 e. The van der Waals surface area contributed by atoms with Crippen LogP contribution in [0.1, 0.15) is 46.5 Å². The first-order chi connectivity index (χ1) is 10.6. The highest BCUT2D eigenvalue weighted by Gasteiger charge is 2.53. The number of ether oxygens (including phenoxy) is 3. The summed E-state index contributed by atoms with van der Waals surface area (Å²) in [5.74, 6) is -1.34. The van der Waals surface area contributed by atoms with Gasteiger partial charge in [0.25, 0.3) is 0 Å². The number of ketones is 1. The summed E-state index contributed by atoms with van der Waals surface area (Å²) in [5, 5.41) is 9.72. The van der Waals surface area contributed by atoms with Gasteiger partial charge >= 0.3 is 5.97 Å². The van der Waals surface area contributed by atoms with Gasteiger partial charge in [-0.2, -0.15) is 5.26 Å². The average molecular weight is 311 g/mol. The summed E-state index contributed by atoms with van der Waals surface area (Å²) in [7, 11) is 0. The molecule has 1 saturated carbocycles. The van der Waals surface area contributed by atoms with Crippen LogP contribution >= 0.6 is 0 Å². The average Bonchev–Trinajstić information content (AvgIpc) is 2.92. The maximum absolute atomic E-state index is 12.5. The van der Waals surface area contributed by atoms with Crippen molar-refractivity contribution in [3.05, 3.63) is 0 Å². The fraction of sp³-hybridized carbons (Fsp3) is 0.812. The predicted molar refractivity (Wildman–Crippen MR) is 78.7 cm³/mol. The number of carbonyl (C=O) groups excluding carboxylic acids is 2. The summed E-state index contributed by atoms with van der Waals surface area (Å²) >= 11 is 0. The number of hydrogen-bond acceptors (Lipinski definition) is 6. The monoisotopic (exact) mass is 311 g/mol. The second-order valence-corrected chi connectivity index (χ2v) is 5.26. The predicted octanol–water partition coefficient (Wildman–Crippen LogP) is 2.22. The molecule has 0 N–H and O–H groups in total. The van der Waals surface area contributed by atoms with Crippen LogP contribution in [0, 0.1) is 22.7 Å². The van der Waals surface area contributed by atoms with Crippen LogP contribution in [-0.2, 0) is 23.8 Å². The van der Waals surface area contributed by atoms with Crippen molar-refractivity contribution in [1.82, 2.24) is 0 Å². The van der Waals surface area contributed by atoms with Crippen molar-refractivity contribution >= 4 is 11.8 Å². The SMILES string of the molecule is CCOC(=O)C(C#N)(CC(OCC)OCC)C1CCCC1=O. The van der Waals surface area contributed by atoms with Gasteiger partial charge in [-0.3, -0.25) is 9.59 Å². The van der Waals surface area contributed by atoms with E-state index >= 15 is 0 Å². The molecule has 0 aromatic heterocycles. The lowest BCUT2D eigenvalue weighted by Crippen LogP contribution is -2.44. The molecule has 6 heteroatoms. The Kier molecular flexibility index (Phi) is 7.49. The highest BCUT2D eigenvalue weighted by atomic mass is 16.7. The Bertz CT molecular complexity index is 425. The number of nitriles is 1. The fourth-order valence-electron chi connectivity index (χ4n) is 2.93. The Morgan fingerprint density at radius 2 is 1.95 bits per heavy atom. The standard InChI is InChI=1S/C16H25NO5/c1-4-20-14(21-5-2)10-16(11-17,15(19)22-6-3)12-8-7-9-13(12)18/h12,14H,4-10H2,1-3H3. The molecule has 1 aliphatic carbocycles. The molecule has 0 aromatic rings. The van der Waals surface area contributed by atoms with E-state index in [1.807, 2.05) is 13.8 Å². The smallest absolute Gasteiger partial charge is 0.327 e. The van der Waals surface area contributed by atoms with Crippen molar-refractivity contribution in [3.63, 3.8) is 0 Å². The molecule has 1 aliphatic rings. The Hall–Kier alpha value is -1.45. The van der Waals surface area contributed by atoms with Crippen molar-refractivity contribution in [3.8, 4) is 6.07 Å². The van der Waals surface area contributed by atoms with E-state index in [0.29, 0.717) is 32.5 Å². The van der Waals surface area contributed by atoms with E-state index < -0.39 is 23.6 Å². The topological polar surface area (TPSA) is 85.6 Å². The van der Waals surface area contributed by atoms with Gasteiger partial charge in [-0.05, 0) is 33.6 Å². The number of esters is 1. The van der Waals surface area contributed by atoms with Gasteiger partial charge in [0.15, 0.2) is 11.7 Å². The lowest BCUT2D eigenvalue weighted by Gasteiger charge is -2.32. The van der Waals surface area contributed by atoms with Gasteiger partial charge in [0, 0.05) is 32.0 Å². The van der Waals surface area contributed by atoms with Crippen molar-refractivity contribution in [2.45, 2.75) is 52.7 Å². The van der Waals surface area contributed by atoms with Crippen molar-refractivity contribution < 1.29 is 23.8 Å². The van der Waals surface area contributed by atoms with Crippen LogP contribution in [0.5, 0.6) is 0 Å².